The van der Waals surface area contributed by atoms with E-state index in [1.165, 1.54) is 12.1 Å². The van der Waals surface area contributed by atoms with Crippen LogP contribution in [0.15, 0.2) is 42.5 Å². The minimum absolute atomic E-state index is 0.133. The number of hydrogen-bond donors (Lipinski definition) is 2. The Morgan fingerprint density at radius 3 is 2.81 bits per heavy atom. The van der Waals surface area contributed by atoms with Crippen molar-refractivity contribution in [3.63, 3.8) is 0 Å². The van der Waals surface area contributed by atoms with Crippen LogP contribution in [0.25, 0.3) is 10.9 Å². The SMILES string of the molecule is COc1cccc(OCC(=O)N[C@H]2CCc3c(c4cc(F)ccc4n3CC(=O)O)C2)c1. The van der Waals surface area contributed by atoms with Gasteiger partial charge in [0.15, 0.2) is 6.61 Å². The lowest BCUT2D eigenvalue weighted by molar-refractivity contribution is -0.137. The van der Waals surface area contributed by atoms with Gasteiger partial charge in [-0.15, -0.1) is 0 Å². The van der Waals surface area contributed by atoms with Gasteiger partial charge in [-0.25, -0.2) is 4.39 Å². The van der Waals surface area contributed by atoms with Crippen molar-refractivity contribution >= 4 is 22.8 Å². The number of aromatic nitrogens is 1. The molecule has 31 heavy (non-hydrogen) atoms. The summed E-state index contributed by atoms with van der Waals surface area (Å²) in [6, 6.07) is 11.3. The average molecular weight is 426 g/mol. The van der Waals surface area contributed by atoms with Crippen LogP contribution in [0.4, 0.5) is 4.39 Å². The summed E-state index contributed by atoms with van der Waals surface area (Å²) >= 11 is 0. The molecule has 7 nitrogen and oxygen atoms in total. The van der Waals surface area contributed by atoms with Gasteiger partial charge in [-0.1, -0.05) is 6.07 Å². The summed E-state index contributed by atoms with van der Waals surface area (Å²) in [4.78, 5) is 23.7. The van der Waals surface area contributed by atoms with Crippen molar-refractivity contribution in [3.05, 3.63) is 59.5 Å². The molecule has 2 N–H and O–H groups in total. The lowest BCUT2D eigenvalue weighted by atomic mass is 9.91. The minimum atomic E-state index is -0.950. The van der Waals surface area contributed by atoms with Crippen LogP contribution in [0.2, 0.25) is 0 Å². The third-order valence-electron chi connectivity index (χ3n) is 5.50. The van der Waals surface area contributed by atoms with E-state index in [4.69, 9.17) is 9.47 Å². The number of carboxylic acids is 1. The number of nitrogens with one attached hydrogen (secondary N) is 1. The number of carbonyl (C=O) groups excluding carboxylic acids is 1. The molecule has 8 heteroatoms. The van der Waals surface area contributed by atoms with E-state index in [0.29, 0.717) is 41.7 Å². The Bertz CT molecular complexity index is 1140. The van der Waals surface area contributed by atoms with E-state index >= 15 is 0 Å². The molecule has 1 heterocycles. The number of benzene rings is 2. The number of carbonyl (C=O) groups is 2. The Balaban J connectivity index is 1.47. The molecule has 1 aromatic heterocycles. The Labute approximate surface area is 178 Å². The van der Waals surface area contributed by atoms with E-state index in [9.17, 15) is 19.1 Å². The summed E-state index contributed by atoms with van der Waals surface area (Å²) in [6.45, 7) is -0.311. The molecule has 0 aliphatic heterocycles. The van der Waals surface area contributed by atoms with E-state index in [1.54, 1.807) is 42.0 Å². The first-order valence-corrected chi connectivity index (χ1v) is 10.0. The maximum absolute atomic E-state index is 13.9. The van der Waals surface area contributed by atoms with E-state index in [2.05, 4.69) is 5.32 Å². The summed E-state index contributed by atoms with van der Waals surface area (Å²) in [7, 11) is 1.56. The first kappa shape index (κ1) is 20.7. The van der Waals surface area contributed by atoms with Crippen LogP contribution in [0, 0.1) is 5.82 Å². The van der Waals surface area contributed by atoms with Crippen LogP contribution < -0.4 is 14.8 Å². The van der Waals surface area contributed by atoms with Crippen LogP contribution in [0.1, 0.15) is 17.7 Å². The lowest BCUT2D eigenvalue weighted by Gasteiger charge is -2.25. The van der Waals surface area contributed by atoms with Crippen molar-refractivity contribution in [3.8, 4) is 11.5 Å². The second-order valence-electron chi connectivity index (χ2n) is 7.54. The number of methoxy groups -OCH3 is 1. The number of hydrogen-bond acceptors (Lipinski definition) is 4. The van der Waals surface area contributed by atoms with E-state index < -0.39 is 5.97 Å². The fourth-order valence-corrected chi connectivity index (χ4v) is 4.17. The van der Waals surface area contributed by atoms with Crippen molar-refractivity contribution < 1.29 is 28.6 Å². The van der Waals surface area contributed by atoms with Crippen LogP contribution in [-0.4, -0.2) is 41.3 Å². The van der Waals surface area contributed by atoms with Gasteiger partial charge in [0.25, 0.3) is 5.91 Å². The average Bonchev–Trinajstić information content (AvgIpc) is 3.04. The van der Waals surface area contributed by atoms with Gasteiger partial charge < -0.3 is 24.5 Å². The number of carboxylic acid groups (broad SMARTS) is 1. The zero-order chi connectivity index (χ0) is 22.0. The van der Waals surface area contributed by atoms with Gasteiger partial charge in [0, 0.05) is 28.7 Å². The Morgan fingerprint density at radius 2 is 2.03 bits per heavy atom. The summed E-state index contributed by atoms with van der Waals surface area (Å²) in [6.07, 6.45) is 1.77. The Kier molecular flexibility index (Phi) is 5.79. The molecule has 1 aliphatic rings. The molecule has 0 saturated carbocycles. The number of ether oxygens (including phenoxy) is 2. The third-order valence-corrected chi connectivity index (χ3v) is 5.50. The van der Waals surface area contributed by atoms with E-state index in [-0.39, 0.29) is 30.9 Å². The number of amides is 1. The molecular weight excluding hydrogens is 403 g/mol. The standard InChI is InChI=1S/C23H23FN2O5/c1-30-16-3-2-4-17(11-16)31-13-22(27)25-15-6-8-21-19(10-15)18-9-14(24)5-7-20(18)26(21)12-23(28)29/h2-5,7,9,11,15H,6,8,10,12-13H2,1H3,(H,25,27)(H,28,29)/t15-/m0/s1. The predicted molar refractivity (Wildman–Crippen MR) is 112 cm³/mol. The van der Waals surface area contributed by atoms with Crippen molar-refractivity contribution in [1.82, 2.24) is 9.88 Å². The van der Waals surface area contributed by atoms with Gasteiger partial charge in [0.05, 0.1) is 7.11 Å². The molecule has 1 aliphatic carbocycles. The zero-order valence-corrected chi connectivity index (χ0v) is 17.1. The summed E-state index contributed by atoms with van der Waals surface area (Å²) in [5.74, 6) is -0.401. The molecule has 3 aromatic rings. The molecule has 2 aromatic carbocycles. The molecule has 0 radical (unpaired) electrons. The van der Waals surface area contributed by atoms with Gasteiger partial charge in [-0.3, -0.25) is 9.59 Å². The highest BCUT2D eigenvalue weighted by Gasteiger charge is 2.27. The molecule has 0 fully saturated rings. The first-order valence-electron chi connectivity index (χ1n) is 10.0. The Morgan fingerprint density at radius 1 is 1.23 bits per heavy atom. The second-order valence-corrected chi connectivity index (χ2v) is 7.54. The number of fused-ring (bicyclic) bond motifs is 3. The fraction of sp³-hybridized carbons (Fsp3) is 0.304. The van der Waals surface area contributed by atoms with Crippen LogP contribution >= 0.6 is 0 Å². The fourth-order valence-electron chi connectivity index (χ4n) is 4.17. The highest BCUT2D eigenvalue weighted by atomic mass is 19.1. The maximum atomic E-state index is 13.9. The van der Waals surface area contributed by atoms with Gasteiger partial charge >= 0.3 is 5.97 Å². The molecule has 0 bridgehead atoms. The molecule has 162 valence electrons. The van der Waals surface area contributed by atoms with Crippen molar-refractivity contribution in [1.29, 1.82) is 0 Å². The maximum Gasteiger partial charge on any atom is 0.323 e. The molecule has 1 amide bonds. The topological polar surface area (TPSA) is 89.8 Å². The predicted octanol–water partition coefficient (Wildman–Crippen LogP) is 2.93. The largest absolute Gasteiger partial charge is 0.497 e. The highest BCUT2D eigenvalue weighted by Crippen LogP contribution is 2.33. The normalized spacial score (nSPS) is 15.4. The van der Waals surface area contributed by atoms with Crippen molar-refractivity contribution in [2.24, 2.45) is 0 Å². The lowest BCUT2D eigenvalue weighted by Crippen LogP contribution is -2.41. The van der Waals surface area contributed by atoms with Crippen LogP contribution in [0.5, 0.6) is 11.5 Å². The number of rotatable bonds is 7. The number of halogens is 1. The Hall–Kier alpha value is -3.55. The van der Waals surface area contributed by atoms with Gasteiger partial charge in [0.2, 0.25) is 0 Å². The summed E-state index contributed by atoms with van der Waals surface area (Å²) < 4.78 is 26.3. The van der Waals surface area contributed by atoms with Crippen molar-refractivity contribution in [2.45, 2.75) is 31.8 Å². The monoisotopic (exact) mass is 426 g/mol. The minimum Gasteiger partial charge on any atom is -0.497 e. The molecule has 4 rings (SSSR count). The summed E-state index contributed by atoms with van der Waals surface area (Å²) in [5.41, 5.74) is 2.48. The first-order chi connectivity index (χ1) is 14.9. The zero-order valence-electron chi connectivity index (χ0n) is 17.1. The van der Waals surface area contributed by atoms with Gasteiger partial charge in [0.1, 0.15) is 23.9 Å². The van der Waals surface area contributed by atoms with E-state index in [1.807, 2.05) is 0 Å². The van der Waals surface area contributed by atoms with Gasteiger partial charge in [-0.2, -0.15) is 0 Å². The second kappa shape index (κ2) is 8.67. The van der Waals surface area contributed by atoms with Gasteiger partial charge in [-0.05, 0) is 55.2 Å². The number of aliphatic carboxylic acids is 1. The van der Waals surface area contributed by atoms with E-state index in [0.717, 1.165) is 11.3 Å². The molecule has 0 spiro atoms. The summed E-state index contributed by atoms with van der Waals surface area (Å²) in [5, 5.41) is 13.0. The molecule has 0 unspecified atom stereocenters. The highest BCUT2D eigenvalue weighted by molar-refractivity contribution is 5.87. The smallest absolute Gasteiger partial charge is 0.323 e. The molecular formula is C23H23FN2O5. The van der Waals surface area contributed by atoms with Crippen LogP contribution in [-0.2, 0) is 29.0 Å². The van der Waals surface area contributed by atoms with Crippen LogP contribution in [0.3, 0.4) is 0 Å². The van der Waals surface area contributed by atoms with Crippen molar-refractivity contribution in [2.75, 3.05) is 13.7 Å². The number of nitrogens with zero attached hydrogens (tertiary/aromatic N) is 1. The molecule has 0 saturated heterocycles. The quantitative estimate of drug-likeness (QED) is 0.606. The third kappa shape index (κ3) is 4.47. The molecule has 1 atom stereocenters.